The molecule has 0 atom stereocenters. The topological polar surface area (TPSA) is 32.7 Å². The lowest BCUT2D eigenvalue weighted by Crippen LogP contribution is -2.26. The summed E-state index contributed by atoms with van der Waals surface area (Å²) in [5.74, 6) is 1.04. The van der Waals surface area contributed by atoms with E-state index >= 15 is 0 Å². The van der Waals surface area contributed by atoms with Crippen molar-refractivity contribution in [3.05, 3.63) is 29.8 Å². The second kappa shape index (κ2) is 7.39. The van der Waals surface area contributed by atoms with Crippen LogP contribution in [-0.4, -0.2) is 36.3 Å². The second-order valence-corrected chi connectivity index (χ2v) is 4.87. The van der Waals surface area contributed by atoms with Crippen LogP contribution in [0.3, 0.4) is 0 Å². The number of unbranched alkanes of at least 4 members (excludes halogenated alkanes) is 3. The number of rotatable bonds is 6. The van der Waals surface area contributed by atoms with E-state index in [1.807, 2.05) is 6.07 Å². The van der Waals surface area contributed by atoms with Crippen molar-refractivity contribution in [1.82, 2.24) is 4.90 Å². The van der Waals surface area contributed by atoms with E-state index < -0.39 is 0 Å². The summed E-state index contributed by atoms with van der Waals surface area (Å²) in [5, 5.41) is 8.73. The van der Waals surface area contributed by atoms with Gasteiger partial charge in [0.25, 0.3) is 0 Å². The molecule has 0 amide bonds. The molecule has 0 bridgehead atoms. The van der Waals surface area contributed by atoms with Gasteiger partial charge in [0.15, 0.2) is 0 Å². The fourth-order valence-electron chi connectivity index (χ4n) is 2.37. The predicted octanol–water partition coefficient (Wildman–Crippen LogP) is 2.43. The lowest BCUT2D eigenvalue weighted by atomic mass is 10.1. The number of ether oxygens (including phenoxy) is 1. The highest BCUT2D eigenvalue weighted by Gasteiger charge is 2.13. The van der Waals surface area contributed by atoms with Gasteiger partial charge in [-0.15, -0.1) is 0 Å². The van der Waals surface area contributed by atoms with E-state index in [0.29, 0.717) is 6.61 Å². The number of aliphatic hydroxyl groups excluding tert-OH is 1. The van der Waals surface area contributed by atoms with Crippen molar-refractivity contribution in [2.75, 3.05) is 26.3 Å². The van der Waals surface area contributed by atoms with Gasteiger partial charge in [0.2, 0.25) is 0 Å². The summed E-state index contributed by atoms with van der Waals surface area (Å²) in [6.45, 7) is 4.24. The first-order valence-electron chi connectivity index (χ1n) is 6.94. The number of hydrogen-bond donors (Lipinski definition) is 1. The van der Waals surface area contributed by atoms with Gasteiger partial charge in [0.05, 0.1) is 0 Å². The van der Waals surface area contributed by atoms with Crippen LogP contribution in [0.4, 0.5) is 0 Å². The first-order valence-corrected chi connectivity index (χ1v) is 6.94. The van der Waals surface area contributed by atoms with Crippen molar-refractivity contribution in [3.8, 4) is 5.75 Å². The van der Waals surface area contributed by atoms with E-state index in [9.17, 15) is 0 Å². The van der Waals surface area contributed by atoms with Crippen molar-refractivity contribution < 1.29 is 9.84 Å². The molecule has 100 valence electrons. The van der Waals surface area contributed by atoms with Gasteiger partial charge in [-0.05, 0) is 25.5 Å². The second-order valence-electron chi connectivity index (χ2n) is 4.87. The van der Waals surface area contributed by atoms with Crippen LogP contribution < -0.4 is 4.74 Å². The molecule has 1 aliphatic rings. The summed E-state index contributed by atoms with van der Waals surface area (Å²) >= 11 is 0. The zero-order chi connectivity index (χ0) is 12.6. The van der Waals surface area contributed by atoms with Crippen molar-refractivity contribution in [2.24, 2.45) is 0 Å². The Kier molecular flexibility index (Phi) is 5.49. The Morgan fingerprint density at radius 3 is 2.83 bits per heavy atom. The summed E-state index contributed by atoms with van der Waals surface area (Å²) in [6.07, 6.45) is 4.49. The van der Waals surface area contributed by atoms with E-state index in [2.05, 4.69) is 23.1 Å². The molecule has 0 fully saturated rings. The summed E-state index contributed by atoms with van der Waals surface area (Å²) in [6, 6.07) is 8.32. The monoisotopic (exact) mass is 249 g/mol. The molecule has 0 saturated carbocycles. The lowest BCUT2D eigenvalue weighted by Gasteiger charge is -2.18. The van der Waals surface area contributed by atoms with Crippen LogP contribution in [-0.2, 0) is 6.54 Å². The van der Waals surface area contributed by atoms with Crippen LogP contribution in [0.15, 0.2) is 24.3 Å². The van der Waals surface area contributed by atoms with Crippen molar-refractivity contribution in [1.29, 1.82) is 0 Å². The summed E-state index contributed by atoms with van der Waals surface area (Å²) in [4.78, 5) is 2.46. The summed E-state index contributed by atoms with van der Waals surface area (Å²) in [5.41, 5.74) is 1.30. The Bertz CT molecular complexity index is 354. The van der Waals surface area contributed by atoms with Crippen LogP contribution in [0.1, 0.15) is 31.2 Å². The largest absolute Gasteiger partial charge is 0.492 e. The summed E-state index contributed by atoms with van der Waals surface area (Å²) in [7, 11) is 0. The van der Waals surface area contributed by atoms with Crippen LogP contribution in [0, 0.1) is 0 Å². The molecule has 1 aromatic carbocycles. The molecular weight excluding hydrogens is 226 g/mol. The predicted molar refractivity (Wildman–Crippen MR) is 72.8 cm³/mol. The highest BCUT2D eigenvalue weighted by Crippen LogP contribution is 2.22. The van der Waals surface area contributed by atoms with Crippen molar-refractivity contribution in [2.45, 2.75) is 32.2 Å². The number of hydrogen-bond acceptors (Lipinski definition) is 3. The Labute approximate surface area is 109 Å². The highest BCUT2D eigenvalue weighted by atomic mass is 16.5. The van der Waals surface area contributed by atoms with Gasteiger partial charge in [0.1, 0.15) is 12.4 Å². The molecular formula is C15H23NO2. The van der Waals surface area contributed by atoms with E-state index in [1.54, 1.807) is 0 Å². The molecule has 2 rings (SSSR count). The molecule has 0 aromatic heterocycles. The quantitative estimate of drug-likeness (QED) is 0.786. The fraction of sp³-hybridized carbons (Fsp3) is 0.600. The minimum atomic E-state index is 0.324. The van der Waals surface area contributed by atoms with Crippen molar-refractivity contribution >= 4 is 0 Å². The van der Waals surface area contributed by atoms with Crippen LogP contribution in [0.25, 0.3) is 0 Å². The Morgan fingerprint density at radius 1 is 1.11 bits per heavy atom. The summed E-state index contributed by atoms with van der Waals surface area (Å²) < 4.78 is 5.75. The van der Waals surface area contributed by atoms with Crippen LogP contribution in [0.5, 0.6) is 5.75 Å². The molecule has 1 aliphatic heterocycles. The van der Waals surface area contributed by atoms with E-state index in [1.165, 1.54) is 18.4 Å². The minimum absolute atomic E-state index is 0.324. The molecule has 18 heavy (non-hydrogen) atoms. The highest BCUT2D eigenvalue weighted by molar-refractivity contribution is 5.33. The molecule has 1 heterocycles. The van der Waals surface area contributed by atoms with Crippen LogP contribution >= 0.6 is 0 Å². The first kappa shape index (κ1) is 13.4. The van der Waals surface area contributed by atoms with Gasteiger partial charge >= 0.3 is 0 Å². The first-order chi connectivity index (χ1) is 8.90. The zero-order valence-electron chi connectivity index (χ0n) is 11.0. The lowest BCUT2D eigenvalue weighted by molar-refractivity contribution is 0.221. The average Bonchev–Trinajstić information content (AvgIpc) is 2.60. The fourth-order valence-corrected chi connectivity index (χ4v) is 2.37. The molecule has 0 saturated heterocycles. The molecule has 0 aliphatic carbocycles. The van der Waals surface area contributed by atoms with E-state index in [0.717, 1.165) is 44.8 Å². The van der Waals surface area contributed by atoms with Gasteiger partial charge in [-0.1, -0.05) is 31.0 Å². The molecule has 0 spiro atoms. The Balaban J connectivity index is 1.77. The van der Waals surface area contributed by atoms with Gasteiger partial charge in [0, 0.05) is 25.3 Å². The maximum atomic E-state index is 8.73. The molecule has 0 unspecified atom stereocenters. The molecule has 1 aromatic rings. The number of para-hydroxylation sites is 1. The Morgan fingerprint density at radius 2 is 1.94 bits per heavy atom. The standard InChI is InChI=1S/C15H23NO2/c17-11-6-2-1-5-9-16-10-12-18-15-8-4-3-7-14(15)13-16/h3-4,7-8,17H,1-2,5-6,9-13H2. The number of fused-ring (bicyclic) bond motifs is 1. The normalized spacial score (nSPS) is 15.8. The number of benzene rings is 1. The van der Waals surface area contributed by atoms with Gasteiger partial charge < -0.3 is 9.84 Å². The van der Waals surface area contributed by atoms with Gasteiger partial charge in [-0.25, -0.2) is 0 Å². The third-order valence-corrected chi connectivity index (χ3v) is 3.41. The molecule has 3 nitrogen and oxygen atoms in total. The molecule has 3 heteroatoms. The minimum Gasteiger partial charge on any atom is -0.492 e. The maximum absolute atomic E-state index is 8.73. The average molecular weight is 249 g/mol. The van der Waals surface area contributed by atoms with Crippen LogP contribution in [0.2, 0.25) is 0 Å². The van der Waals surface area contributed by atoms with Gasteiger partial charge in [-0.2, -0.15) is 0 Å². The molecule has 0 radical (unpaired) electrons. The maximum Gasteiger partial charge on any atom is 0.123 e. The van der Waals surface area contributed by atoms with Gasteiger partial charge in [-0.3, -0.25) is 4.90 Å². The third kappa shape index (κ3) is 4.00. The Hall–Kier alpha value is -1.06. The smallest absolute Gasteiger partial charge is 0.123 e. The van der Waals surface area contributed by atoms with Crippen molar-refractivity contribution in [3.63, 3.8) is 0 Å². The third-order valence-electron chi connectivity index (χ3n) is 3.41. The van der Waals surface area contributed by atoms with E-state index in [4.69, 9.17) is 9.84 Å². The SMILES string of the molecule is OCCCCCCN1CCOc2ccccc2C1. The molecule has 1 N–H and O–H groups in total. The number of nitrogens with zero attached hydrogens (tertiary/aromatic N) is 1. The number of aliphatic hydroxyl groups is 1. The zero-order valence-corrected chi connectivity index (χ0v) is 11.0. The van der Waals surface area contributed by atoms with E-state index in [-0.39, 0.29) is 0 Å².